The lowest BCUT2D eigenvalue weighted by Gasteiger charge is -2.11. The highest BCUT2D eigenvalue weighted by Gasteiger charge is 2.15. The minimum atomic E-state index is 0.648. The number of thiol groups is 1. The van der Waals surface area contributed by atoms with Gasteiger partial charge in [-0.1, -0.05) is 6.92 Å². The number of rotatable bonds is 7. The molecule has 0 amide bonds. The van der Waals surface area contributed by atoms with Crippen LogP contribution in [0.3, 0.4) is 0 Å². The summed E-state index contributed by atoms with van der Waals surface area (Å²) in [5, 5.41) is 0. The molecule has 1 aliphatic heterocycles. The van der Waals surface area contributed by atoms with Crippen LogP contribution in [-0.2, 0) is 9.47 Å². The van der Waals surface area contributed by atoms with Gasteiger partial charge in [0.25, 0.3) is 0 Å². The van der Waals surface area contributed by atoms with Crippen molar-refractivity contribution in [1.82, 2.24) is 0 Å². The van der Waals surface area contributed by atoms with Crippen molar-refractivity contribution >= 4 is 12.6 Å². The van der Waals surface area contributed by atoms with E-state index in [9.17, 15) is 0 Å². The maximum absolute atomic E-state index is 5.63. The van der Waals surface area contributed by atoms with Crippen molar-refractivity contribution in [2.45, 2.75) is 26.2 Å². The summed E-state index contributed by atoms with van der Waals surface area (Å²) in [5.74, 6) is 2.37. The summed E-state index contributed by atoms with van der Waals surface area (Å²) < 4.78 is 10.9. The molecule has 0 aromatic carbocycles. The monoisotopic (exact) mass is 218 g/mol. The molecule has 0 aromatic heterocycles. The molecule has 84 valence electrons. The Hall–Kier alpha value is 0.270. The minimum absolute atomic E-state index is 0.648. The van der Waals surface area contributed by atoms with E-state index in [0.29, 0.717) is 5.92 Å². The van der Waals surface area contributed by atoms with Crippen LogP contribution in [0, 0.1) is 11.8 Å². The SMILES string of the molecule is CC(CCS)CCOCC1CCOC1. The Bertz CT molecular complexity index is 135. The second-order valence-corrected chi connectivity index (χ2v) is 4.66. The quantitative estimate of drug-likeness (QED) is 0.522. The van der Waals surface area contributed by atoms with Crippen LogP contribution in [0.1, 0.15) is 26.2 Å². The van der Waals surface area contributed by atoms with E-state index in [2.05, 4.69) is 19.6 Å². The molecule has 2 unspecified atom stereocenters. The van der Waals surface area contributed by atoms with Gasteiger partial charge in [0.2, 0.25) is 0 Å². The third-order valence-electron chi connectivity index (χ3n) is 2.75. The summed E-state index contributed by atoms with van der Waals surface area (Å²) in [5.41, 5.74) is 0. The summed E-state index contributed by atoms with van der Waals surface area (Å²) >= 11 is 4.22. The molecule has 0 radical (unpaired) electrons. The maximum Gasteiger partial charge on any atom is 0.0517 e. The van der Waals surface area contributed by atoms with Gasteiger partial charge in [-0.05, 0) is 30.9 Å². The van der Waals surface area contributed by atoms with Crippen molar-refractivity contribution in [1.29, 1.82) is 0 Å². The van der Waals surface area contributed by atoms with Crippen molar-refractivity contribution in [2.75, 3.05) is 32.2 Å². The van der Waals surface area contributed by atoms with Gasteiger partial charge in [-0.15, -0.1) is 0 Å². The molecule has 2 atom stereocenters. The van der Waals surface area contributed by atoms with Crippen LogP contribution in [0.5, 0.6) is 0 Å². The van der Waals surface area contributed by atoms with Crippen LogP contribution in [0.25, 0.3) is 0 Å². The van der Waals surface area contributed by atoms with E-state index < -0.39 is 0 Å². The van der Waals surface area contributed by atoms with Gasteiger partial charge in [0.05, 0.1) is 13.2 Å². The first-order valence-corrected chi connectivity index (χ1v) is 6.22. The fourth-order valence-corrected chi connectivity index (χ4v) is 2.05. The average Bonchev–Trinajstić information content (AvgIpc) is 2.65. The fourth-order valence-electron chi connectivity index (χ4n) is 1.61. The highest BCUT2D eigenvalue weighted by molar-refractivity contribution is 7.80. The highest BCUT2D eigenvalue weighted by Crippen LogP contribution is 2.13. The van der Waals surface area contributed by atoms with Gasteiger partial charge in [0, 0.05) is 19.1 Å². The summed E-state index contributed by atoms with van der Waals surface area (Å²) in [4.78, 5) is 0. The molecule has 2 nitrogen and oxygen atoms in total. The van der Waals surface area contributed by atoms with Crippen molar-refractivity contribution in [3.05, 3.63) is 0 Å². The zero-order valence-corrected chi connectivity index (χ0v) is 9.97. The van der Waals surface area contributed by atoms with Gasteiger partial charge in [-0.3, -0.25) is 0 Å². The molecule has 1 heterocycles. The van der Waals surface area contributed by atoms with Crippen molar-refractivity contribution in [2.24, 2.45) is 11.8 Å². The van der Waals surface area contributed by atoms with E-state index in [-0.39, 0.29) is 0 Å². The lowest BCUT2D eigenvalue weighted by Crippen LogP contribution is -2.11. The molecular formula is C11H22O2S. The van der Waals surface area contributed by atoms with E-state index >= 15 is 0 Å². The first-order valence-electron chi connectivity index (χ1n) is 5.59. The van der Waals surface area contributed by atoms with E-state index in [1.54, 1.807) is 0 Å². The lowest BCUT2D eigenvalue weighted by atomic mass is 10.1. The van der Waals surface area contributed by atoms with E-state index in [1.165, 1.54) is 12.8 Å². The first-order chi connectivity index (χ1) is 6.83. The van der Waals surface area contributed by atoms with Gasteiger partial charge in [0.15, 0.2) is 0 Å². The molecule has 0 aliphatic carbocycles. The third-order valence-corrected chi connectivity index (χ3v) is 3.01. The molecule has 3 heteroatoms. The average molecular weight is 218 g/mol. The number of hydrogen-bond donors (Lipinski definition) is 1. The molecule has 0 spiro atoms. The van der Waals surface area contributed by atoms with Crippen molar-refractivity contribution in [3.63, 3.8) is 0 Å². The summed E-state index contributed by atoms with van der Waals surface area (Å²) in [7, 11) is 0. The van der Waals surface area contributed by atoms with E-state index in [4.69, 9.17) is 9.47 Å². The topological polar surface area (TPSA) is 18.5 Å². The Morgan fingerprint density at radius 2 is 2.36 bits per heavy atom. The fraction of sp³-hybridized carbons (Fsp3) is 1.00. The molecule has 14 heavy (non-hydrogen) atoms. The number of ether oxygens (including phenoxy) is 2. The summed E-state index contributed by atoms with van der Waals surface area (Å²) in [6.45, 7) is 5.85. The standard InChI is InChI=1S/C11H22O2S/c1-10(4-7-14)2-5-12-8-11-3-6-13-9-11/h10-11,14H,2-9H2,1H3. The Kier molecular flexibility index (Phi) is 6.65. The molecule has 0 aromatic rings. The molecular weight excluding hydrogens is 196 g/mol. The zero-order chi connectivity index (χ0) is 10.2. The summed E-state index contributed by atoms with van der Waals surface area (Å²) in [6.07, 6.45) is 3.53. The molecule has 1 saturated heterocycles. The Morgan fingerprint density at radius 3 is 3.00 bits per heavy atom. The maximum atomic E-state index is 5.63. The Morgan fingerprint density at radius 1 is 1.50 bits per heavy atom. The zero-order valence-electron chi connectivity index (χ0n) is 9.08. The predicted molar refractivity (Wildman–Crippen MR) is 62.0 cm³/mol. The van der Waals surface area contributed by atoms with Crippen LogP contribution >= 0.6 is 12.6 Å². The summed E-state index contributed by atoms with van der Waals surface area (Å²) in [6, 6.07) is 0. The molecule has 0 bridgehead atoms. The highest BCUT2D eigenvalue weighted by atomic mass is 32.1. The van der Waals surface area contributed by atoms with Crippen molar-refractivity contribution in [3.8, 4) is 0 Å². The van der Waals surface area contributed by atoms with Gasteiger partial charge < -0.3 is 9.47 Å². The normalized spacial score (nSPS) is 24.0. The van der Waals surface area contributed by atoms with Gasteiger partial charge in [-0.25, -0.2) is 0 Å². The Balaban J connectivity index is 1.88. The third kappa shape index (κ3) is 5.23. The molecule has 1 aliphatic rings. The molecule has 0 N–H and O–H groups in total. The Labute approximate surface area is 92.8 Å². The molecule has 1 rings (SSSR count). The first kappa shape index (κ1) is 12.3. The van der Waals surface area contributed by atoms with Crippen LogP contribution in [-0.4, -0.2) is 32.2 Å². The van der Waals surface area contributed by atoms with Crippen LogP contribution in [0.2, 0.25) is 0 Å². The van der Waals surface area contributed by atoms with Gasteiger partial charge in [-0.2, -0.15) is 12.6 Å². The largest absolute Gasteiger partial charge is 0.381 e. The van der Waals surface area contributed by atoms with E-state index in [1.807, 2.05) is 0 Å². The minimum Gasteiger partial charge on any atom is -0.381 e. The van der Waals surface area contributed by atoms with Crippen LogP contribution < -0.4 is 0 Å². The van der Waals surface area contributed by atoms with Gasteiger partial charge in [0.1, 0.15) is 0 Å². The second-order valence-electron chi connectivity index (χ2n) is 4.21. The molecule has 0 saturated carbocycles. The van der Waals surface area contributed by atoms with Crippen molar-refractivity contribution < 1.29 is 9.47 Å². The number of hydrogen-bond acceptors (Lipinski definition) is 3. The smallest absolute Gasteiger partial charge is 0.0517 e. The lowest BCUT2D eigenvalue weighted by molar-refractivity contribution is 0.0817. The van der Waals surface area contributed by atoms with Crippen LogP contribution in [0.4, 0.5) is 0 Å². The molecule has 1 fully saturated rings. The van der Waals surface area contributed by atoms with E-state index in [0.717, 1.165) is 44.5 Å². The predicted octanol–water partition coefficient (Wildman–Crippen LogP) is 2.39. The second kappa shape index (κ2) is 7.55. The van der Waals surface area contributed by atoms with Gasteiger partial charge >= 0.3 is 0 Å². The van der Waals surface area contributed by atoms with Crippen LogP contribution in [0.15, 0.2) is 0 Å².